The van der Waals surface area contributed by atoms with Crippen LogP contribution in [0, 0.1) is 24.5 Å². The first-order valence-electron chi connectivity index (χ1n) is 18.6. The first-order valence-corrected chi connectivity index (χ1v) is 19.0. The Morgan fingerprint density at radius 3 is 2.21 bits per heavy atom. The number of carbonyl (C=O) groups excluding carboxylic acids is 4. The summed E-state index contributed by atoms with van der Waals surface area (Å²) in [6, 6.07) is 7.36. The molecule has 300 valence electrons. The van der Waals surface area contributed by atoms with Gasteiger partial charge in [0, 0.05) is 72.8 Å². The van der Waals surface area contributed by atoms with Crippen LogP contribution in [0.1, 0.15) is 67.2 Å². The molecule has 3 heterocycles. The van der Waals surface area contributed by atoms with Gasteiger partial charge in [0.25, 0.3) is 11.8 Å². The van der Waals surface area contributed by atoms with Crippen molar-refractivity contribution >= 4 is 40.9 Å². The Bertz CT molecular complexity index is 2120. The predicted molar refractivity (Wildman–Crippen MR) is 211 cm³/mol. The van der Waals surface area contributed by atoms with Crippen LogP contribution in [0.2, 0.25) is 5.02 Å². The van der Waals surface area contributed by atoms with Crippen molar-refractivity contribution in [1.29, 1.82) is 0 Å². The lowest BCUT2D eigenvalue weighted by Crippen LogP contribution is -2.52. The number of amides is 4. The Hall–Kier alpha value is -5.15. The summed E-state index contributed by atoms with van der Waals surface area (Å²) < 4.78 is 34.1. The largest absolute Gasteiger partial charge is 0.350 e. The van der Waals surface area contributed by atoms with Crippen LogP contribution in [-0.2, 0) is 23.2 Å². The van der Waals surface area contributed by atoms with Crippen LogP contribution >= 0.6 is 11.6 Å². The first kappa shape index (κ1) is 42.0. The molecule has 56 heavy (non-hydrogen) atoms. The van der Waals surface area contributed by atoms with Crippen LogP contribution < -0.4 is 10.6 Å². The van der Waals surface area contributed by atoms with Crippen LogP contribution in [0.4, 0.5) is 14.5 Å². The smallest absolute Gasteiger partial charge is 0.291 e. The minimum Gasteiger partial charge on any atom is -0.350 e. The number of anilines is 1. The third-order valence-corrected chi connectivity index (χ3v) is 10.2. The maximum absolute atomic E-state index is 15.7. The van der Waals surface area contributed by atoms with Gasteiger partial charge < -0.3 is 29.9 Å². The lowest BCUT2D eigenvalue weighted by Gasteiger charge is -2.36. The zero-order chi connectivity index (χ0) is 41.1. The monoisotopic (exact) mass is 793 g/mol. The fraction of sp³-hybridized carbons (Fsp3) is 0.450. The third-order valence-electron chi connectivity index (χ3n) is 9.85. The lowest BCUT2D eigenvalue weighted by molar-refractivity contribution is -0.137. The molecule has 13 nitrogen and oxygen atoms in total. The second-order valence-corrected chi connectivity index (χ2v) is 15.8. The van der Waals surface area contributed by atoms with Crippen molar-refractivity contribution < 1.29 is 28.0 Å². The number of nitrogens with zero attached hydrogens (tertiary/aromatic N) is 7. The number of halogens is 3. The normalized spacial score (nSPS) is 13.9. The quantitative estimate of drug-likeness (QED) is 0.190. The fourth-order valence-corrected chi connectivity index (χ4v) is 6.98. The summed E-state index contributed by atoms with van der Waals surface area (Å²) in [5.41, 5.74) is 0.956. The second-order valence-electron chi connectivity index (χ2n) is 15.4. The average molecular weight is 794 g/mol. The van der Waals surface area contributed by atoms with E-state index >= 15 is 8.78 Å². The van der Waals surface area contributed by atoms with Crippen molar-refractivity contribution in [2.75, 3.05) is 52.1 Å². The van der Waals surface area contributed by atoms with Gasteiger partial charge in [-0.3, -0.25) is 23.9 Å². The number of aromatic nitrogens is 4. The zero-order valence-electron chi connectivity index (χ0n) is 33.2. The molecule has 1 unspecified atom stereocenters. The highest BCUT2D eigenvalue weighted by atomic mass is 35.5. The molecule has 0 radical (unpaired) electrons. The van der Waals surface area contributed by atoms with Crippen LogP contribution in [-0.4, -0.2) is 110 Å². The van der Waals surface area contributed by atoms with E-state index in [2.05, 4.69) is 25.6 Å². The minimum absolute atomic E-state index is 0.0289. The van der Waals surface area contributed by atoms with Crippen molar-refractivity contribution in [3.63, 3.8) is 0 Å². The van der Waals surface area contributed by atoms with E-state index in [1.54, 1.807) is 17.9 Å². The topological polar surface area (TPSA) is 138 Å². The molecule has 2 aromatic heterocycles. The zero-order valence-corrected chi connectivity index (χ0v) is 33.9. The molecule has 0 spiro atoms. The summed E-state index contributed by atoms with van der Waals surface area (Å²) in [5, 5.41) is 9.91. The van der Waals surface area contributed by atoms with Crippen LogP contribution in [0.5, 0.6) is 0 Å². The van der Waals surface area contributed by atoms with Crippen molar-refractivity contribution in [3.05, 3.63) is 76.5 Å². The van der Waals surface area contributed by atoms with E-state index in [0.717, 1.165) is 19.4 Å². The summed E-state index contributed by atoms with van der Waals surface area (Å²) in [5.74, 6) is -3.45. The molecule has 0 aliphatic carbocycles. The minimum atomic E-state index is -1.14. The molecule has 0 saturated carbocycles. The SMILES string of the molecule is CCC(CCN(C)C)C(=O)N1CCN(C(=O)c2ccc(NC(=O)c3ncc(-c4ccc(-c5cnn(CC(=O)NC(C)(C)C)c5C)c(F)c4F)n3C)cc2Cl)CC1. The summed E-state index contributed by atoms with van der Waals surface area (Å²) in [7, 11) is 5.48. The number of hydrogen-bond acceptors (Lipinski definition) is 7. The van der Waals surface area contributed by atoms with E-state index in [9.17, 15) is 19.2 Å². The standard InChI is InChI=1S/C40H50ClF2N9O4/c1-9-25(14-15-48(6)7)38(55)50-16-18-51(19-17-50)39(56)28-11-10-26(20-31(28)41)46-37(54)36-44-22-32(49(36)8)29-13-12-27(34(42)35(29)43)30-21-45-52(24(30)2)23-33(53)47-40(3,4)5/h10-13,20-22,25H,9,14-19,23H2,1-8H3,(H,46,54)(H,47,53). The maximum Gasteiger partial charge on any atom is 0.291 e. The highest BCUT2D eigenvalue weighted by Crippen LogP contribution is 2.33. The van der Waals surface area contributed by atoms with Crippen LogP contribution in [0.15, 0.2) is 42.7 Å². The Morgan fingerprint density at radius 2 is 1.59 bits per heavy atom. The molecule has 4 amide bonds. The molecular formula is C40H50ClF2N9O4. The van der Waals surface area contributed by atoms with Crippen molar-refractivity contribution in [2.45, 2.75) is 59.5 Å². The molecule has 2 aromatic carbocycles. The molecule has 2 N–H and O–H groups in total. The van der Waals surface area contributed by atoms with Gasteiger partial charge in [0.05, 0.1) is 28.7 Å². The van der Waals surface area contributed by atoms with Gasteiger partial charge in [0.15, 0.2) is 17.5 Å². The summed E-state index contributed by atoms with van der Waals surface area (Å²) >= 11 is 6.55. The Morgan fingerprint density at radius 1 is 0.946 bits per heavy atom. The number of carbonyl (C=O) groups is 4. The third kappa shape index (κ3) is 9.44. The average Bonchev–Trinajstić information content (AvgIpc) is 3.69. The highest BCUT2D eigenvalue weighted by Gasteiger charge is 2.30. The van der Waals surface area contributed by atoms with Crippen LogP contribution in [0.25, 0.3) is 22.4 Å². The van der Waals surface area contributed by atoms with Gasteiger partial charge >= 0.3 is 0 Å². The maximum atomic E-state index is 15.7. The number of imidazole rings is 1. The van der Waals surface area contributed by atoms with Crippen molar-refractivity contribution in [1.82, 2.24) is 39.3 Å². The molecule has 1 saturated heterocycles. The molecule has 4 aromatic rings. The van der Waals surface area contributed by atoms with E-state index in [0.29, 0.717) is 43.1 Å². The second kappa shape index (κ2) is 17.3. The highest BCUT2D eigenvalue weighted by molar-refractivity contribution is 6.34. The van der Waals surface area contributed by atoms with Gasteiger partial charge in [-0.05, 0) is 85.4 Å². The van der Waals surface area contributed by atoms with E-state index in [1.165, 1.54) is 53.0 Å². The van der Waals surface area contributed by atoms with Gasteiger partial charge in [-0.1, -0.05) is 24.6 Å². The number of piperazine rings is 1. The molecular weight excluding hydrogens is 744 g/mol. The van der Waals surface area contributed by atoms with E-state index in [1.807, 2.05) is 46.7 Å². The Labute approximate surface area is 331 Å². The van der Waals surface area contributed by atoms with Gasteiger partial charge in [0.1, 0.15) is 6.54 Å². The summed E-state index contributed by atoms with van der Waals surface area (Å²) in [6.45, 7) is 11.6. The number of rotatable bonds is 12. The van der Waals surface area contributed by atoms with Gasteiger partial charge in [-0.15, -0.1) is 0 Å². The molecule has 1 aliphatic rings. The van der Waals surface area contributed by atoms with Crippen LogP contribution in [0.3, 0.4) is 0 Å². The molecule has 1 fully saturated rings. The first-order chi connectivity index (χ1) is 26.4. The molecule has 5 rings (SSSR count). The van der Waals surface area contributed by atoms with Gasteiger partial charge in [-0.2, -0.15) is 5.10 Å². The van der Waals surface area contributed by atoms with Gasteiger partial charge in [-0.25, -0.2) is 13.8 Å². The number of hydrogen-bond donors (Lipinski definition) is 2. The Kier molecular flexibility index (Phi) is 13.0. The van der Waals surface area contributed by atoms with E-state index in [4.69, 9.17) is 11.6 Å². The summed E-state index contributed by atoms with van der Waals surface area (Å²) in [6.07, 6.45) is 4.21. The van der Waals surface area contributed by atoms with E-state index in [-0.39, 0.29) is 63.4 Å². The summed E-state index contributed by atoms with van der Waals surface area (Å²) in [4.78, 5) is 62.0. The Balaban J connectivity index is 1.23. The number of nitrogens with one attached hydrogen (secondary N) is 2. The molecule has 1 atom stereocenters. The van der Waals surface area contributed by atoms with Crippen molar-refractivity contribution in [2.24, 2.45) is 13.0 Å². The molecule has 0 bridgehead atoms. The lowest BCUT2D eigenvalue weighted by atomic mass is 10.00. The predicted octanol–water partition coefficient (Wildman–Crippen LogP) is 5.62. The van der Waals surface area contributed by atoms with Crippen molar-refractivity contribution in [3.8, 4) is 22.4 Å². The molecule has 16 heteroatoms. The van der Waals surface area contributed by atoms with E-state index < -0.39 is 23.1 Å². The van der Waals surface area contributed by atoms with Gasteiger partial charge in [0.2, 0.25) is 11.8 Å². The fourth-order valence-electron chi connectivity index (χ4n) is 6.72. The molecule has 1 aliphatic heterocycles. The number of benzene rings is 2.